The Hall–Kier alpha value is -1.40. The fraction of sp³-hybridized carbons (Fsp3) is 0.308. The first-order valence-corrected chi connectivity index (χ1v) is 7.69. The molecule has 2 rings (SSSR count). The highest BCUT2D eigenvalue weighted by Crippen LogP contribution is 2.25. The number of hydrogen-bond donors (Lipinski definition) is 0. The van der Waals surface area contributed by atoms with Crippen molar-refractivity contribution in [3.05, 3.63) is 34.8 Å². The number of rotatable bonds is 6. The summed E-state index contributed by atoms with van der Waals surface area (Å²) in [6.45, 7) is 4.35. The minimum Gasteiger partial charge on any atom is -0.493 e. The van der Waals surface area contributed by atoms with Crippen LogP contribution in [0.15, 0.2) is 28.6 Å². The van der Waals surface area contributed by atoms with Crippen LogP contribution in [-0.2, 0) is 0 Å². The smallest absolute Gasteiger partial charge is 0.176 e. The first-order chi connectivity index (χ1) is 9.20. The number of aromatic nitrogens is 2. The molecule has 4 nitrogen and oxygen atoms in total. The van der Waals surface area contributed by atoms with Crippen LogP contribution in [0.5, 0.6) is 5.75 Å². The van der Waals surface area contributed by atoms with E-state index >= 15 is 0 Å². The van der Waals surface area contributed by atoms with Gasteiger partial charge >= 0.3 is 0 Å². The predicted molar refractivity (Wildman–Crippen MR) is 77.3 cm³/mol. The highest BCUT2D eigenvalue weighted by atomic mass is 32.2. The van der Waals surface area contributed by atoms with Crippen molar-refractivity contribution < 1.29 is 9.53 Å². The Kier molecular flexibility index (Phi) is 4.93. The molecule has 0 aliphatic heterocycles. The van der Waals surface area contributed by atoms with Gasteiger partial charge in [0.15, 0.2) is 10.1 Å². The molecule has 6 heteroatoms. The van der Waals surface area contributed by atoms with Crippen molar-refractivity contribution in [2.45, 2.75) is 18.2 Å². The lowest BCUT2D eigenvalue weighted by Crippen LogP contribution is -2.06. The molecule has 0 atom stereocenters. The number of carbonyl (C=O) groups is 1. The quantitative estimate of drug-likeness (QED) is 0.605. The Morgan fingerprint density at radius 1 is 1.37 bits per heavy atom. The first-order valence-electron chi connectivity index (χ1n) is 5.88. The molecule has 0 radical (unpaired) electrons. The third-order valence-corrected chi connectivity index (χ3v) is 4.29. The van der Waals surface area contributed by atoms with E-state index in [1.807, 2.05) is 32.0 Å². The van der Waals surface area contributed by atoms with E-state index in [9.17, 15) is 4.79 Å². The van der Waals surface area contributed by atoms with Crippen molar-refractivity contribution in [1.82, 2.24) is 10.2 Å². The number of ether oxygens (including phenoxy) is 1. The molecule has 0 saturated heterocycles. The number of carbonyl (C=O) groups excluding carboxylic acids is 1. The van der Waals surface area contributed by atoms with Crippen LogP contribution in [0.2, 0.25) is 0 Å². The van der Waals surface area contributed by atoms with Gasteiger partial charge in [-0.15, -0.1) is 10.2 Å². The summed E-state index contributed by atoms with van der Waals surface area (Å²) in [4.78, 5) is 12.2. The van der Waals surface area contributed by atoms with Crippen molar-refractivity contribution in [3.8, 4) is 5.75 Å². The second-order valence-electron chi connectivity index (χ2n) is 3.73. The number of Topliss-reactive ketones (excluding diaryl/α,β-unsaturated/α-hetero) is 1. The minimum absolute atomic E-state index is 0.0434. The van der Waals surface area contributed by atoms with Gasteiger partial charge in [0.2, 0.25) is 0 Å². The molecule has 19 heavy (non-hydrogen) atoms. The van der Waals surface area contributed by atoms with Crippen molar-refractivity contribution in [2.24, 2.45) is 0 Å². The van der Waals surface area contributed by atoms with Crippen LogP contribution in [-0.4, -0.2) is 28.3 Å². The molecule has 0 fully saturated rings. The first kappa shape index (κ1) is 14.0. The molecule has 0 saturated carbocycles. The highest BCUT2D eigenvalue weighted by Gasteiger charge is 2.13. The van der Waals surface area contributed by atoms with Gasteiger partial charge in [0.05, 0.1) is 17.9 Å². The van der Waals surface area contributed by atoms with Crippen LogP contribution in [0.3, 0.4) is 0 Å². The van der Waals surface area contributed by atoms with E-state index in [2.05, 4.69) is 10.2 Å². The van der Waals surface area contributed by atoms with E-state index in [1.54, 1.807) is 6.07 Å². The standard InChI is InChI=1S/C13H14N2O2S2/c1-3-17-12-7-5-4-6-10(12)11(16)8-18-13-15-14-9(2)19-13/h4-7H,3,8H2,1-2H3. The van der Waals surface area contributed by atoms with Gasteiger partial charge in [-0.3, -0.25) is 4.79 Å². The van der Waals surface area contributed by atoms with Gasteiger partial charge in [-0.2, -0.15) is 0 Å². The lowest BCUT2D eigenvalue weighted by Gasteiger charge is -2.08. The maximum atomic E-state index is 12.2. The van der Waals surface area contributed by atoms with Crippen LogP contribution in [0, 0.1) is 6.92 Å². The van der Waals surface area contributed by atoms with Gasteiger partial charge < -0.3 is 4.74 Å². The van der Waals surface area contributed by atoms with Crippen molar-refractivity contribution >= 4 is 28.9 Å². The third kappa shape index (κ3) is 3.78. The van der Waals surface area contributed by atoms with E-state index in [0.29, 0.717) is 23.7 Å². The molecule has 0 N–H and O–H groups in total. The van der Waals surface area contributed by atoms with Crippen molar-refractivity contribution in [1.29, 1.82) is 0 Å². The van der Waals surface area contributed by atoms with E-state index in [0.717, 1.165) is 9.35 Å². The molecule has 0 unspecified atom stereocenters. The maximum absolute atomic E-state index is 12.2. The predicted octanol–water partition coefficient (Wildman–Crippen LogP) is 3.22. The molecule has 100 valence electrons. The van der Waals surface area contributed by atoms with E-state index in [4.69, 9.17) is 4.74 Å². The van der Waals surface area contributed by atoms with Gasteiger partial charge in [-0.05, 0) is 26.0 Å². The van der Waals surface area contributed by atoms with Crippen LogP contribution < -0.4 is 4.74 Å². The molecule has 1 aromatic heterocycles. The molecule has 0 spiro atoms. The average Bonchev–Trinajstić information content (AvgIpc) is 2.83. The van der Waals surface area contributed by atoms with Crippen LogP contribution in [0.1, 0.15) is 22.3 Å². The monoisotopic (exact) mass is 294 g/mol. The summed E-state index contributed by atoms with van der Waals surface area (Å²) in [5.74, 6) is 1.03. The maximum Gasteiger partial charge on any atom is 0.176 e. The van der Waals surface area contributed by atoms with Gasteiger partial charge in [0.25, 0.3) is 0 Å². The van der Waals surface area contributed by atoms with Gasteiger partial charge in [-0.25, -0.2) is 0 Å². The molecule has 0 aliphatic rings. The largest absolute Gasteiger partial charge is 0.493 e. The zero-order valence-electron chi connectivity index (χ0n) is 10.8. The minimum atomic E-state index is 0.0434. The lowest BCUT2D eigenvalue weighted by atomic mass is 10.1. The molecule has 1 heterocycles. The van der Waals surface area contributed by atoms with E-state index in [1.165, 1.54) is 23.1 Å². The Bertz CT molecular complexity index is 569. The summed E-state index contributed by atoms with van der Waals surface area (Å²) < 4.78 is 6.28. The fourth-order valence-corrected chi connectivity index (χ4v) is 3.22. The van der Waals surface area contributed by atoms with Crippen molar-refractivity contribution in [3.63, 3.8) is 0 Å². The van der Waals surface area contributed by atoms with Gasteiger partial charge in [0.1, 0.15) is 10.8 Å². The van der Waals surface area contributed by atoms with Crippen molar-refractivity contribution in [2.75, 3.05) is 12.4 Å². The second kappa shape index (κ2) is 6.68. The molecule has 0 aliphatic carbocycles. The van der Waals surface area contributed by atoms with E-state index in [-0.39, 0.29) is 5.78 Å². The number of thioether (sulfide) groups is 1. The Balaban J connectivity index is 2.03. The number of nitrogens with zero attached hydrogens (tertiary/aromatic N) is 2. The average molecular weight is 294 g/mol. The fourth-order valence-electron chi connectivity index (χ4n) is 1.52. The number of para-hydroxylation sites is 1. The topological polar surface area (TPSA) is 52.1 Å². The van der Waals surface area contributed by atoms with Crippen LogP contribution >= 0.6 is 23.1 Å². The van der Waals surface area contributed by atoms with Crippen LogP contribution in [0.25, 0.3) is 0 Å². The molecular formula is C13H14N2O2S2. The summed E-state index contributed by atoms with van der Waals surface area (Å²) in [6.07, 6.45) is 0. The lowest BCUT2D eigenvalue weighted by molar-refractivity contribution is 0.101. The summed E-state index contributed by atoms with van der Waals surface area (Å²) in [5, 5.41) is 8.82. The summed E-state index contributed by atoms with van der Waals surface area (Å²) >= 11 is 2.91. The third-order valence-electron chi connectivity index (χ3n) is 2.32. The highest BCUT2D eigenvalue weighted by molar-refractivity contribution is 8.01. The Labute approximate surface area is 120 Å². The van der Waals surface area contributed by atoms with E-state index < -0.39 is 0 Å². The van der Waals surface area contributed by atoms with Gasteiger partial charge in [0, 0.05) is 0 Å². The Morgan fingerprint density at radius 3 is 2.84 bits per heavy atom. The number of benzene rings is 1. The molecule has 1 aromatic carbocycles. The number of ketones is 1. The zero-order valence-corrected chi connectivity index (χ0v) is 12.4. The normalized spacial score (nSPS) is 10.4. The summed E-state index contributed by atoms with van der Waals surface area (Å²) in [6, 6.07) is 7.31. The zero-order chi connectivity index (χ0) is 13.7. The summed E-state index contributed by atoms with van der Waals surface area (Å²) in [5.41, 5.74) is 0.623. The molecular weight excluding hydrogens is 280 g/mol. The Morgan fingerprint density at radius 2 is 2.16 bits per heavy atom. The van der Waals surface area contributed by atoms with Crippen LogP contribution in [0.4, 0.5) is 0 Å². The van der Waals surface area contributed by atoms with Gasteiger partial charge in [-0.1, -0.05) is 35.2 Å². The summed E-state index contributed by atoms with van der Waals surface area (Å²) in [7, 11) is 0. The second-order valence-corrected chi connectivity index (χ2v) is 6.13. The molecule has 0 bridgehead atoms. The molecule has 2 aromatic rings. The SMILES string of the molecule is CCOc1ccccc1C(=O)CSc1nnc(C)s1. The number of hydrogen-bond acceptors (Lipinski definition) is 6. The molecule has 0 amide bonds. The number of aryl methyl sites for hydroxylation is 1.